The van der Waals surface area contributed by atoms with Gasteiger partial charge >= 0.3 is 0 Å². The Kier molecular flexibility index (Phi) is 3.68. The van der Waals surface area contributed by atoms with E-state index < -0.39 is 0 Å². The molecule has 4 rings (SSSR count). The Labute approximate surface area is 129 Å². The SMILES string of the molecule is Fc1cccc(-c2nc3c([nH]2)CN([C@@H]2CCCNC2)CC3)c1. The van der Waals surface area contributed by atoms with Crippen molar-refractivity contribution < 1.29 is 4.39 Å². The fraction of sp³-hybridized carbons (Fsp3) is 0.471. The number of halogens is 1. The van der Waals surface area contributed by atoms with Crippen LogP contribution in [0.4, 0.5) is 4.39 Å². The second-order valence-corrected chi connectivity index (χ2v) is 6.24. The zero-order valence-corrected chi connectivity index (χ0v) is 12.6. The molecule has 1 saturated heterocycles. The number of benzene rings is 1. The number of H-pyrrole nitrogens is 1. The molecule has 0 amide bonds. The molecule has 116 valence electrons. The van der Waals surface area contributed by atoms with E-state index in [-0.39, 0.29) is 5.82 Å². The highest BCUT2D eigenvalue weighted by molar-refractivity contribution is 5.56. The summed E-state index contributed by atoms with van der Waals surface area (Å²) in [6, 6.07) is 7.25. The van der Waals surface area contributed by atoms with Crippen molar-refractivity contribution in [3.8, 4) is 11.4 Å². The van der Waals surface area contributed by atoms with E-state index in [2.05, 4.69) is 20.2 Å². The minimum atomic E-state index is -0.221. The van der Waals surface area contributed by atoms with Crippen molar-refractivity contribution >= 4 is 0 Å². The summed E-state index contributed by atoms with van der Waals surface area (Å²) in [7, 11) is 0. The van der Waals surface area contributed by atoms with E-state index in [0.29, 0.717) is 6.04 Å². The summed E-state index contributed by atoms with van der Waals surface area (Å²) in [6.45, 7) is 4.21. The first-order chi connectivity index (χ1) is 10.8. The molecular formula is C17H21FN4. The molecule has 0 unspecified atom stereocenters. The topological polar surface area (TPSA) is 44.0 Å². The number of hydrogen-bond acceptors (Lipinski definition) is 3. The lowest BCUT2D eigenvalue weighted by Gasteiger charge is -2.36. The number of aromatic nitrogens is 2. The van der Waals surface area contributed by atoms with Gasteiger partial charge in [-0.25, -0.2) is 9.37 Å². The van der Waals surface area contributed by atoms with Crippen LogP contribution < -0.4 is 5.32 Å². The van der Waals surface area contributed by atoms with Crippen molar-refractivity contribution in [1.29, 1.82) is 0 Å². The van der Waals surface area contributed by atoms with Crippen LogP contribution in [0.5, 0.6) is 0 Å². The van der Waals surface area contributed by atoms with Gasteiger partial charge in [0.15, 0.2) is 0 Å². The highest BCUT2D eigenvalue weighted by Gasteiger charge is 2.27. The van der Waals surface area contributed by atoms with Crippen molar-refractivity contribution in [2.75, 3.05) is 19.6 Å². The lowest BCUT2D eigenvalue weighted by molar-refractivity contribution is 0.148. The molecule has 2 aliphatic rings. The molecular weight excluding hydrogens is 279 g/mol. The first kappa shape index (κ1) is 13.9. The van der Waals surface area contributed by atoms with E-state index >= 15 is 0 Å². The summed E-state index contributed by atoms with van der Waals surface area (Å²) in [5.74, 6) is 0.565. The molecule has 1 aromatic carbocycles. The molecule has 0 radical (unpaired) electrons. The molecule has 1 aromatic heterocycles. The van der Waals surface area contributed by atoms with Gasteiger partial charge in [0.25, 0.3) is 0 Å². The number of hydrogen-bond donors (Lipinski definition) is 2. The lowest BCUT2D eigenvalue weighted by atomic mass is 10.0. The molecule has 0 saturated carbocycles. The summed E-state index contributed by atoms with van der Waals surface area (Å²) >= 11 is 0. The Morgan fingerprint density at radius 1 is 1.32 bits per heavy atom. The van der Waals surface area contributed by atoms with Gasteiger partial charge in [-0.2, -0.15) is 0 Å². The third kappa shape index (κ3) is 2.66. The average Bonchev–Trinajstić information content (AvgIpc) is 2.99. The van der Waals surface area contributed by atoms with Crippen LogP contribution in [-0.4, -0.2) is 40.5 Å². The number of rotatable bonds is 2. The smallest absolute Gasteiger partial charge is 0.137 e. The van der Waals surface area contributed by atoms with Crippen molar-refractivity contribution in [2.24, 2.45) is 0 Å². The zero-order chi connectivity index (χ0) is 14.9. The van der Waals surface area contributed by atoms with Gasteiger partial charge < -0.3 is 10.3 Å². The number of piperidine rings is 1. The summed E-state index contributed by atoms with van der Waals surface area (Å²) in [5, 5.41) is 3.48. The molecule has 3 heterocycles. The molecule has 1 atom stereocenters. The minimum Gasteiger partial charge on any atom is -0.341 e. The Bertz CT molecular complexity index is 660. The van der Waals surface area contributed by atoms with E-state index in [4.69, 9.17) is 0 Å². The molecule has 2 aliphatic heterocycles. The zero-order valence-electron chi connectivity index (χ0n) is 12.6. The number of nitrogens with zero attached hydrogens (tertiary/aromatic N) is 2. The molecule has 2 aromatic rings. The van der Waals surface area contributed by atoms with Gasteiger partial charge in [0, 0.05) is 37.7 Å². The van der Waals surface area contributed by atoms with E-state index in [1.165, 1.54) is 30.7 Å². The maximum absolute atomic E-state index is 13.4. The largest absolute Gasteiger partial charge is 0.341 e. The minimum absolute atomic E-state index is 0.221. The number of aromatic amines is 1. The molecule has 2 N–H and O–H groups in total. The van der Waals surface area contributed by atoms with Crippen LogP contribution in [-0.2, 0) is 13.0 Å². The van der Waals surface area contributed by atoms with Gasteiger partial charge in [-0.3, -0.25) is 4.90 Å². The van der Waals surface area contributed by atoms with Gasteiger partial charge in [-0.1, -0.05) is 12.1 Å². The Morgan fingerprint density at radius 3 is 3.09 bits per heavy atom. The first-order valence-electron chi connectivity index (χ1n) is 8.08. The van der Waals surface area contributed by atoms with Crippen LogP contribution in [0.15, 0.2) is 24.3 Å². The number of fused-ring (bicyclic) bond motifs is 1. The van der Waals surface area contributed by atoms with Crippen molar-refractivity contribution in [3.05, 3.63) is 41.5 Å². The highest BCUT2D eigenvalue weighted by atomic mass is 19.1. The van der Waals surface area contributed by atoms with Crippen molar-refractivity contribution in [3.63, 3.8) is 0 Å². The van der Waals surface area contributed by atoms with Crippen LogP contribution in [0.2, 0.25) is 0 Å². The van der Waals surface area contributed by atoms with Crippen LogP contribution in [0.3, 0.4) is 0 Å². The van der Waals surface area contributed by atoms with Gasteiger partial charge in [-0.05, 0) is 31.5 Å². The maximum Gasteiger partial charge on any atom is 0.137 e. The van der Waals surface area contributed by atoms with Crippen LogP contribution in [0.1, 0.15) is 24.2 Å². The maximum atomic E-state index is 13.4. The normalized spacial score (nSPS) is 22.5. The van der Waals surface area contributed by atoms with Crippen LogP contribution in [0.25, 0.3) is 11.4 Å². The predicted octanol–water partition coefficient (Wildman–Crippen LogP) is 2.33. The number of imidazole rings is 1. The predicted molar refractivity (Wildman–Crippen MR) is 84.0 cm³/mol. The number of nitrogens with one attached hydrogen (secondary N) is 2. The molecule has 0 aliphatic carbocycles. The summed E-state index contributed by atoms with van der Waals surface area (Å²) in [5.41, 5.74) is 3.15. The summed E-state index contributed by atoms with van der Waals surface area (Å²) < 4.78 is 13.4. The fourth-order valence-corrected chi connectivity index (χ4v) is 3.54. The Balaban J connectivity index is 1.55. The standard InChI is InChI=1S/C17H21FN4/c18-13-4-1-3-12(9-13)17-20-15-6-8-22(11-16(15)21-17)14-5-2-7-19-10-14/h1,3-4,9,14,19H,2,5-8,10-11H2,(H,20,21)/t14-/m1/s1. The summed E-state index contributed by atoms with van der Waals surface area (Å²) in [4.78, 5) is 10.6. The van der Waals surface area contributed by atoms with Gasteiger partial charge in [0.1, 0.15) is 11.6 Å². The van der Waals surface area contributed by atoms with Crippen LogP contribution in [0, 0.1) is 5.82 Å². The molecule has 0 bridgehead atoms. The van der Waals surface area contributed by atoms with Gasteiger partial charge in [-0.15, -0.1) is 0 Å². The second kappa shape index (κ2) is 5.82. The fourth-order valence-electron chi connectivity index (χ4n) is 3.54. The van der Waals surface area contributed by atoms with E-state index in [1.54, 1.807) is 6.07 Å². The van der Waals surface area contributed by atoms with E-state index in [0.717, 1.165) is 49.7 Å². The second-order valence-electron chi connectivity index (χ2n) is 6.24. The van der Waals surface area contributed by atoms with Gasteiger partial charge in [0.05, 0.1) is 11.4 Å². The summed E-state index contributed by atoms with van der Waals surface area (Å²) in [6.07, 6.45) is 3.50. The average molecular weight is 300 g/mol. The first-order valence-corrected chi connectivity index (χ1v) is 8.08. The van der Waals surface area contributed by atoms with E-state index in [1.807, 2.05) is 6.07 Å². The van der Waals surface area contributed by atoms with Crippen molar-refractivity contribution in [2.45, 2.75) is 31.8 Å². The lowest BCUT2D eigenvalue weighted by Crippen LogP contribution is -2.47. The third-order valence-electron chi connectivity index (χ3n) is 4.75. The Morgan fingerprint density at radius 2 is 2.27 bits per heavy atom. The highest BCUT2D eigenvalue weighted by Crippen LogP contribution is 2.25. The molecule has 22 heavy (non-hydrogen) atoms. The molecule has 0 spiro atoms. The third-order valence-corrected chi connectivity index (χ3v) is 4.75. The van der Waals surface area contributed by atoms with Gasteiger partial charge in [0.2, 0.25) is 0 Å². The molecule has 1 fully saturated rings. The Hall–Kier alpha value is -1.72. The van der Waals surface area contributed by atoms with Crippen molar-refractivity contribution in [1.82, 2.24) is 20.2 Å². The molecule has 5 heteroatoms. The quantitative estimate of drug-likeness (QED) is 0.894. The monoisotopic (exact) mass is 300 g/mol. The molecule has 4 nitrogen and oxygen atoms in total. The van der Waals surface area contributed by atoms with E-state index in [9.17, 15) is 4.39 Å². The van der Waals surface area contributed by atoms with Crippen LogP contribution >= 0.6 is 0 Å².